The average molecular weight is 421 g/mol. The molecule has 0 bridgehead atoms. The van der Waals surface area contributed by atoms with Gasteiger partial charge < -0.3 is 16.0 Å². The van der Waals surface area contributed by atoms with Crippen LogP contribution in [0.4, 0.5) is 5.82 Å². The van der Waals surface area contributed by atoms with Gasteiger partial charge in [-0.15, -0.1) is 0 Å². The Balaban J connectivity index is 1.66. The van der Waals surface area contributed by atoms with Gasteiger partial charge >= 0.3 is 0 Å². The van der Waals surface area contributed by atoms with Crippen LogP contribution in [0.15, 0.2) is 24.3 Å². The predicted octanol–water partition coefficient (Wildman–Crippen LogP) is 2.39. The van der Waals surface area contributed by atoms with E-state index >= 15 is 0 Å². The van der Waals surface area contributed by atoms with Crippen LogP contribution in [-0.2, 0) is 9.59 Å². The molecule has 1 saturated carbocycles. The average Bonchev–Trinajstić information content (AvgIpc) is 2.80. The minimum Gasteiger partial charge on any atom is -0.369 e. The van der Waals surface area contributed by atoms with Crippen molar-refractivity contribution in [1.29, 1.82) is 5.26 Å². The third-order valence-corrected chi connectivity index (χ3v) is 6.39. The molecule has 2 amide bonds. The number of nitriles is 1. The van der Waals surface area contributed by atoms with Crippen LogP contribution in [0.25, 0.3) is 11.0 Å². The summed E-state index contributed by atoms with van der Waals surface area (Å²) in [4.78, 5) is 36.1. The number of carbonyl (C=O) groups excluding carboxylic acids is 2. The molecule has 1 atom stereocenters. The van der Waals surface area contributed by atoms with E-state index in [0.29, 0.717) is 48.5 Å². The van der Waals surface area contributed by atoms with Crippen LogP contribution in [0.3, 0.4) is 0 Å². The number of anilines is 1. The Kier molecular flexibility index (Phi) is 6.31. The minimum atomic E-state index is -1.04. The summed E-state index contributed by atoms with van der Waals surface area (Å²) in [5, 5.41) is 13.0. The van der Waals surface area contributed by atoms with E-state index < -0.39 is 5.92 Å². The predicted molar refractivity (Wildman–Crippen MR) is 117 cm³/mol. The van der Waals surface area contributed by atoms with Gasteiger partial charge in [-0.3, -0.25) is 9.59 Å². The molecule has 1 aromatic carbocycles. The molecule has 0 spiro atoms. The van der Waals surface area contributed by atoms with Gasteiger partial charge in [-0.1, -0.05) is 31.4 Å². The van der Waals surface area contributed by atoms with Crippen molar-refractivity contribution in [2.24, 2.45) is 11.7 Å². The lowest BCUT2D eigenvalue weighted by atomic mass is 9.94. The zero-order valence-corrected chi connectivity index (χ0v) is 17.6. The second kappa shape index (κ2) is 9.29. The number of hydrogen-bond donors (Lipinski definition) is 2. The molecule has 0 radical (unpaired) electrons. The number of nitrogens with one attached hydrogen (secondary N) is 1. The van der Waals surface area contributed by atoms with E-state index in [-0.39, 0.29) is 23.8 Å². The smallest absolute Gasteiger partial charge is 0.243 e. The highest BCUT2D eigenvalue weighted by atomic mass is 16.2. The van der Waals surface area contributed by atoms with E-state index in [4.69, 9.17) is 15.7 Å². The Bertz CT molecular complexity index is 1000. The van der Waals surface area contributed by atoms with Crippen LogP contribution in [-0.4, -0.2) is 40.9 Å². The van der Waals surface area contributed by atoms with Crippen molar-refractivity contribution in [2.45, 2.75) is 56.9 Å². The quantitative estimate of drug-likeness (QED) is 0.765. The normalized spacial score (nSPS) is 19.0. The van der Waals surface area contributed by atoms with E-state index in [2.05, 4.69) is 11.4 Å². The molecule has 3 N–H and O–H groups in total. The van der Waals surface area contributed by atoms with Gasteiger partial charge in [0.1, 0.15) is 5.69 Å². The van der Waals surface area contributed by atoms with Crippen molar-refractivity contribution in [3.8, 4) is 6.07 Å². The Morgan fingerprint density at radius 1 is 1.06 bits per heavy atom. The van der Waals surface area contributed by atoms with E-state index in [9.17, 15) is 14.9 Å². The molecular weight excluding hydrogens is 392 g/mol. The molecule has 2 aliphatic rings. The highest BCUT2D eigenvalue weighted by Gasteiger charge is 2.32. The summed E-state index contributed by atoms with van der Waals surface area (Å²) in [5.41, 5.74) is 7.22. The van der Waals surface area contributed by atoms with Crippen molar-refractivity contribution in [3.05, 3.63) is 30.0 Å². The fraction of sp³-hybridized carbons (Fsp3) is 0.522. The van der Waals surface area contributed by atoms with Crippen LogP contribution in [0.5, 0.6) is 0 Å². The van der Waals surface area contributed by atoms with E-state index in [0.717, 1.165) is 25.7 Å². The first-order chi connectivity index (χ1) is 15.1. The van der Waals surface area contributed by atoms with Crippen molar-refractivity contribution in [1.82, 2.24) is 15.3 Å². The molecule has 1 aliphatic carbocycles. The van der Waals surface area contributed by atoms with Gasteiger partial charge in [0.15, 0.2) is 11.7 Å². The molecule has 31 heavy (non-hydrogen) atoms. The molecule has 8 nitrogen and oxygen atoms in total. The Labute approximate surface area is 181 Å². The molecule has 2 aromatic rings. The van der Waals surface area contributed by atoms with Gasteiger partial charge in [0, 0.05) is 25.0 Å². The maximum Gasteiger partial charge on any atom is 0.243 e. The lowest BCUT2D eigenvalue weighted by molar-refractivity contribution is -0.123. The van der Waals surface area contributed by atoms with E-state index in [1.54, 1.807) is 0 Å². The summed E-state index contributed by atoms with van der Waals surface area (Å²) >= 11 is 0. The number of hydrogen-bond acceptors (Lipinski definition) is 6. The molecular formula is C23H28N6O2. The molecule has 162 valence electrons. The van der Waals surface area contributed by atoms with Crippen LogP contribution in [0, 0.1) is 17.2 Å². The lowest BCUT2D eigenvalue weighted by Crippen LogP contribution is -2.41. The third-order valence-electron chi connectivity index (χ3n) is 6.39. The van der Waals surface area contributed by atoms with Crippen LogP contribution >= 0.6 is 0 Å². The molecule has 0 unspecified atom stereocenters. The summed E-state index contributed by atoms with van der Waals surface area (Å²) in [5.74, 6) is -1.25. The van der Waals surface area contributed by atoms with Gasteiger partial charge in [-0.25, -0.2) is 9.97 Å². The van der Waals surface area contributed by atoms with E-state index in [1.807, 2.05) is 29.2 Å². The number of fused-ring (bicyclic) bond motifs is 1. The number of carbonyl (C=O) groups is 2. The molecule has 4 rings (SSSR count). The SMILES string of the molecule is N#C[C@@H](C(=O)NC1CCCCC1)c1nc2ccccc2nc1N1CCC(C(N)=O)CC1. The maximum absolute atomic E-state index is 13.1. The Hall–Kier alpha value is -3.21. The molecule has 8 heteroatoms. The van der Waals surface area contributed by atoms with Gasteiger partial charge in [0.25, 0.3) is 0 Å². The number of benzene rings is 1. The Morgan fingerprint density at radius 2 is 1.71 bits per heavy atom. The first kappa shape index (κ1) is 21.0. The summed E-state index contributed by atoms with van der Waals surface area (Å²) in [6, 6.07) is 9.73. The van der Waals surface area contributed by atoms with Crippen LogP contribution < -0.4 is 16.0 Å². The third kappa shape index (κ3) is 4.61. The van der Waals surface area contributed by atoms with Gasteiger partial charge in [-0.2, -0.15) is 5.26 Å². The molecule has 1 aliphatic heterocycles. The summed E-state index contributed by atoms with van der Waals surface area (Å²) in [6.45, 7) is 1.16. The summed E-state index contributed by atoms with van der Waals surface area (Å²) in [7, 11) is 0. The second-order valence-corrected chi connectivity index (χ2v) is 8.49. The monoisotopic (exact) mass is 420 g/mol. The molecule has 2 fully saturated rings. The number of nitrogens with zero attached hydrogens (tertiary/aromatic N) is 4. The number of piperidine rings is 1. The van der Waals surface area contributed by atoms with Crippen LogP contribution in [0.2, 0.25) is 0 Å². The highest BCUT2D eigenvalue weighted by Crippen LogP contribution is 2.31. The summed E-state index contributed by atoms with van der Waals surface area (Å²) in [6.07, 6.45) is 6.51. The molecule has 1 aromatic heterocycles. The largest absolute Gasteiger partial charge is 0.369 e. The number of rotatable bonds is 5. The number of aromatic nitrogens is 2. The zero-order valence-electron chi connectivity index (χ0n) is 17.6. The molecule has 1 saturated heterocycles. The number of primary amides is 1. The van der Waals surface area contributed by atoms with Crippen LogP contribution in [0.1, 0.15) is 56.6 Å². The van der Waals surface area contributed by atoms with Gasteiger partial charge in [0.2, 0.25) is 11.8 Å². The molecule has 2 heterocycles. The summed E-state index contributed by atoms with van der Waals surface area (Å²) < 4.78 is 0. The minimum absolute atomic E-state index is 0.111. The first-order valence-corrected chi connectivity index (χ1v) is 11.1. The highest BCUT2D eigenvalue weighted by molar-refractivity contribution is 5.89. The number of para-hydroxylation sites is 2. The maximum atomic E-state index is 13.1. The standard InChI is InChI=1S/C23H28N6O2/c24-14-17(23(31)26-16-6-2-1-3-7-16)20-22(28-19-9-5-4-8-18(19)27-20)29-12-10-15(11-13-29)21(25)30/h4-5,8-9,15-17H,1-3,6-7,10-13H2,(H2,25,30)(H,26,31)/t17-/m1/s1. The van der Waals surface area contributed by atoms with Crippen molar-refractivity contribution >= 4 is 28.7 Å². The second-order valence-electron chi connectivity index (χ2n) is 8.49. The Morgan fingerprint density at radius 3 is 2.32 bits per heavy atom. The number of nitrogens with two attached hydrogens (primary N) is 1. The van der Waals surface area contributed by atoms with E-state index in [1.165, 1.54) is 6.42 Å². The fourth-order valence-corrected chi connectivity index (χ4v) is 4.58. The fourth-order valence-electron chi connectivity index (χ4n) is 4.58. The van der Waals surface area contributed by atoms with Gasteiger partial charge in [-0.05, 0) is 37.8 Å². The van der Waals surface area contributed by atoms with Gasteiger partial charge in [0.05, 0.1) is 17.1 Å². The van der Waals surface area contributed by atoms with Crippen molar-refractivity contribution < 1.29 is 9.59 Å². The lowest BCUT2D eigenvalue weighted by Gasteiger charge is -2.33. The first-order valence-electron chi connectivity index (χ1n) is 11.1. The zero-order chi connectivity index (χ0) is 21.8. The van der Waals surface area contributed by atoms with Crippen molar-refractivity contribution in [2.75, 3.05) is 18.0 Å². The topological polar surface area (TPSA) is 125 Å². The number of amides is 2. The van der Waals surface area contributed by atoms with Crippen molar-refractivity contribution in [3.63, 3.8) is 0 Å².